The SMILES string of the molecule is O=C(CNCCC(F)(F)F)Nc1cc(C(=O)O)ccc1Cl. The van der Waals surface area contributed by atoms with Gasteiger partial charge in [0.1, 0.15) is 0 Å². The maximum absolute atomic E-state index is 11.9. The molecule has 0 aliphatic rings. The lowest BCUT2D eigenvalue weighted by molar-refractivity contribution is -0.134. The lowest BCUT2D eigenvalue weighted by Gasteiger charge is -2.10. The zero-order valence-electron chi connectivity index (χ0n) is 10.6. The number of nitrogens with one attached hydrogen (secondary N) is 2. The molecule has 21 heavy (non-hydrogen) atoms. The summed E-state index contributed by atoms with van der Waals surface area (Å²) in [4.78, 5) is 22.3. The second-order valence-electron chi connectivity index (χ2n) is 4.09. The third-order valence-corrected chi connectivity index (χ3v) is 2.69. The first-order valence-corrected chi connectivity index (χ1v) is 6.17. The molecule has 5 nitrogen and oxygen atoms in total. The van der Waals surface area contributed by atoms with E-state index in [4.69, 9.17) is 16.7 Å². The Morgan fingerprint density at radius 2 is 1.95 bits per heavy atom. The Balaban J connectivity index is 2.51. The smallest absolute Gasteiger partial charge is 0.390 e. The minimum Gasteiger partial charge on any atom is -0.478 e. The van der Waals surface area contributed by atoms with Crippen LogP contribution in [-0.2, 0) is 4.79 Å². The minimum absolute atomic E-state index is 0.0697. The van der Waals surface area contributed by atoms with E-state index < -0.39 is 24.5 Å². The van der Waals surface area contributed by atoms with Crippen LogP contribution in [0.15, 0.2) is 18.2 Å². The number of alkyl halides is 3. The van der Waals surface area contributed by atoms with Crippen molar-refractivity contribution in [3.63, 3.8) is 0 Å². The van der Waals surface area contributed by atoms with E-state index in [1.807, 2.05) is 0 Å². The van der Waals surface area contributed by atoms with Crippen molar-refractivity contribution in [1.29, 1.82) is 0 Å². The van der Waals surface area contributed by atoms with Gasteiger partial charge in [-0.05, 0) is 18.2 Å². The number of carboxylic acids is 1. The largest absolute Gasteiger partial charge is 0.478 e. The molecule has 0 fully saturated rings. The number of rotatable bonds is 6. The monoisotopic (exact) mass is 324 g/mol. The number of halogens is 4. The molecule has 1 aromatic carbocycles. The standard InChI is InChI=1S/C12H12ClF3N2O3/c13-8-2-1-7(11(20)21)5-9(8)18-10(19)6-17-4-3-12(14,15)16/h1-2,5,17H,3-4,6H2,(H,18,19)(H,20,21). The van der Waals surface area contributed by atoms with E-state index in [1.54, 1.807) is 0 Å². The number of anilines is 1. The van der Waals surface area contributed by atoms with Crippen molar-refractivity contribution in [3.8, 4) is 0 Å². The molecule has 0 atom stereocenters. The van der Waals surface area contributed by atoms with Crippen LogP contribution in [0, 0.1) is 0 Å². The molecule has 0 aliphatic carbocycles. The van der Waals surface area contributed by atoms with Crippen molar-refractivity contribution in [3.05, 3.63) is 28.8 Å². The van der Waals surface area contributed by atoms with Gasteiger partial charge in [0.05, 0.1) is 29.2 Å². The molecule has 3 N–H and O–H groups in total. The maximum Gasteiger partial charge on any atom is 0.390 e. The molecule has 0 radical (unpaired) electrons. The second kappa shape index (κ2) is 7.28. The van der Waals surface area contributed by atoms with Crippen LogP contribution in [0.2, 0.25) is 5.02 Å². The van der Waals surface area contributed by atoms with Crippen LogP contribution in [0.4, 0.5) is 18.9 Å². The Kier molecular flexibility index (Phi) is 5.98. The van der Waals surface area contributed by atoms with Crippen molar-refractivity contribution in [1.82, 2.24) is 5.32 Å². The van der Waals surface area contributed by atoms with Crippen LogP contribution >= 0.6 is 11.6 Å². The Hall–Kier alpha value is -1.80. The zero-order valence-corrected chi connectivity index (χ0v) is 11.4. The lowest BCUT2D eigenvalue weighted by Crippen LogP contribution is -2.30. The van der Waals surface area contributed by atoms with Gasteiger partial charge in [-0.1, -0.05) is 11.6 Å². The van der Waals surface area contributed by atoms with Crippen molar-refractivity contribution >= 4 is 29.2 Å². The number of amides is 1. The average Bonchev–Trinajstić information content (AvgIpc) is 2.36. The van der Waals surface area contributed by atoms with Crippen LogP contribution in [0.5, 0.6) is 0 Å². The summed E-state index contributed by atoms with van der Waals surface area (Å²) in [6.07, 6.45) is -5.34. The highest BCUT2D eigenvalue weighted by molar-refractivity contribution is 6.33. The fourth-order valence-electron chi connectivity index (χ4n) is 1.38. The van der Waals surface area contributed by atoms with Crippen LogP contribution in [0.3, 0.4) is 0 Å². The third kappa shape index (κ3) is 6.46. The van der Waals surface area contributed by atoms with E-state index in [0.717, 1.165) is 6.07 Å². The Morgan fingerprint density at radius 3 is 2.52 bits per heavy atom. The molecule has 0 aliphatic heterocycles. The van der Waals surface area contributed by atoms with Crippen molar-refractivity contribution in [2.45, 2.75) is 12.6 Å². The molecule has 1 rings (SSSR count). The van der Waals surface area contributed by atoms with Gasteiger partial charge in [-0.3, -0.25) is 4.79 Å². The molecule has 0 spiro atoms. The van der Waals surface area contributed by atoms with E-state index in [9.17, 15) is 22.8 Å². The number of benzene rings is 1. The molecule has 0 bridgehead atoms. The van der Waals surface area contributed by atoms with Gasteiger partial charge in [0.25, 0.3) is 0 Å². The van der Waals surface area contributed by atoms with Crippen LogP contribution in [0.1, 0.15) is 16.8 Å². The molecule has 0 unspecified atom stereocenters. The van der Waals surface area contributed by atoms with Gasteiger partial charge in [-0.25, -0.2) is 4.79 Å². The molecule has 0 aromatic heterocycles. The fraction of sp³-hybridized carbons (Fsp3) is 0.333. The zero-order chi connectivity index (χ0) is 16.0. The number of aromatic carboxylic acids is 1. The van der Waals surface area contributed by atoms with Crippen LogP contribution < -0.4 is 10.6 Å². The first-order chi connectivity index (χ1) is 9.69. The second-order valence-corrected chi connectivity index (χ2v) is 4.50. The Labute approximate surface area is 123 Å². The summed E-state index contributed by atoms with van der Waals surface area (Å²) >= 11 is 5.79. The van der Waals surface area contributed by atoms with Gasteiger partial charge >= 0.3 is 12.1 Å². The quantitative estimate of drug-likeness (QED) is 0.703. The van der Waals surface area contributed by atoms with Gasteiger partial charge < -0.3 is 15.7 Å². The van der Waals surface area contributed by atoms with Gasteiger partial charge in [-0.2, -0.15) is 13.2 Å². The molecule has 1 amide bonds. The predicted octanol–water partition coefficient (Wildman–Crippen LogP) is 2.52. The summed E-state index contributed by atoms with van der Waals surface area (Å²) in [5.74, 6) is -1.81. The van der Waals surface area contributed by atoms with Gasteiger partial charge in [0.2, 0.25) is 5.91 Å². The molecular weight excluding hydrogens is 313 g/mol. The lowest BCUT2D eigenvalue weighted by atomic mass is 10.2. The maximum atomic E-state index is 11.9. The van der Waals surface area contributed by atoms with Crippen molar-refractivity contribution in [2.75, 3.05) is 18.4 Å². The first kappa shape index (κ1) is 17.3. The van der Waals surface area contributed by atoms with Crippen LogP contribution in [0.25, 0.3) is 0 Å². The summed E-state index contributed by atoms with van der Waals surface area (Å²) in [7, 11) is 0. The Bertz CT molecular complexity index is 535. The Morgan fingerprint density at radius 1 is 1.29 bits per heavy atom. The van der Waals surface area contributed by atoms with Gasteiger partial charge in [0.15, 0.2) is 0 Å². The minimum atomic E-state index is -4.29. The van der Waals surface area contributed by atoms with Gasteiger partial charge in [0, 0.05) is 6.54 Å². The number of hydrogen-bond acceptors (Lipinski definition) is 3. The summed E-state index contributed by atoms with van der Waals surface area (Å²) in [5.41, 5.74) is 0.0129. The highest BCUT2D eigenvalue weighted by Gasteiger charge is 2.26. The molecule has 0 saturated heterocycles. The number of carbonyl (C=O) groups is 2. The molecule has 9 heteroatoms. The van der Waals surface area contributed by atoms with Crippen LogP contribution in [-0.4, -0.2) is 36.2 Å². The van der Waals surface area contributed by atoms with E-state index >= 15 is 0 Å². The van der Waals surface area contributed by atoms with E-state index in [2.05, 4.69) is 10.6 Å². The molecule has 116 valence electrons. The summed E-state index contributed by atoms with van der Waals surface area (Å²) < 4.78 is 35.7. The summed E-state index contributed by atoms with van der Waals surface area (Å²) in [5, 5.41) is 13.6. The van der Waals surface area contributed by atoms with Crippen molar-refractivity contribution in [2.24, 2.45) is 0 Å². The van der Waals surface area contributed by atoms with Crippen molar-refractivity contribution < 1.29 is 27.9 Å². The first-order valence-electron chi connectivity index (χ1n) is 5.79. The predicted molar refractivity (Wildman–Crippen MR) is 70.6 cm³/mol. The number of carboxylic acid groups (broad SMARTS) is 1. The molecule has 0 heterocycles. The topological polar surface area (TPSA) is 78.4 Å². The number of hydrogen-bond donors (Lipinski definition) is 3. The van der Waals surface area contributed by atoms with Gasteiger partial charge in [-0.15, -0.1) is 0 Å². The van der Waals surface area contributed by atoms with E-state index in [1.165, 1.54) is 12.1 Å². The van der Waals surface area contributed by atoms with E-state index in [0.29, 0.717) is 0 Å². The highest BCUT2D eigenvalue weighted by Crippen LogP contribution is 2.23. The molecule has 0 saturated carbocycles. The average molecular weight is 325 g/mol. The summed E-state index contributed by atoms with van der Waals surface area (Å²) in [6, 6.07) is 3.73. The summed E-state index contributed by atoms with van der Waals surface area (Å²) in [6.45, 7) is -0.733. The highest BCUT2D eigenvalue weighted by atomic mass is 35.5. The molecule has 1 aromatic rings. The normalized spacial score (nSPS) is 11.2. The fourth-order valence-corrected chi connectivity index (χ4v) is 1.55. The molecular formula is C12H12ClF3N2O3. The van der Waals surface area contributed by atoms with E-state index in [-0.39, 0.29) is 29.4 Å². The third-order valence-electron chi connectivity index (χ3n) is 2.36. The number of carbonyl (C=O) groups excluding carboxylic acids is 1.